The zero-order valence-corrected chi connectivity index (χ0v) is 16.8. The highest BCUT2D eigenvalue weighted by Gasteiger charge is 2.17. The second-order valence-electron chi connectivity index (χ2n) is 6.00. The van der Waals surface area contributed by atoms with Gasteiger partial charge in [-0.25, -0.2) is 4.98 Å². The lowest BCUT2D eigenvalue weighted by Crippen LogP contribution is -2.36. The average Bonchev–Trinajstić information content (AvgIpc) is 3.21. The van der Waals surface area contributed by atoms with Gasteiger partial charge in [-0.05, 0) is 43.3 Å². The summed E-state index contributed by atoms with van der Waals surface area (Å²) in [4.78, 5) is 16.9. The lowest BCUT2D eigenvalue weighted by atomic mass is 10.2. The third-order valence-electron chi connectivity index (χ3n) is 4.07. The van der Waals surface area contributed by atoms with Crippen molar-refractivity contribution in [1.82, 2.24) is 10.3 Å². The molecule has 1 amide bonds. The van der Waals surface area contributed by atoms with Crippen LogP contribution in [0, 0.1) is 0 Å². The first kappa shape index (κ1) is 19.7. The van der Waals surface area contributed by atoms with E-state index in [0.29, 0.717) is 18.0 Å². The molecule has 1 heterocycles. The number of ether oxygens (including phenoxy) is 3. The number of nitrogens with zero attached hydrogens (tertiary/aromatic N) is 1. The number of para-hydroxylation sites is 2. The van der Waals surface area contributed by atoms with Crippen molar-refractivity contribution in [2.24, 2.45) is 0 Å². The summed E-state index contributed by atoms with van der Waals surface area (Å²) in [6.45, 7) is 2.04. The maximum absolute atomic E-state index is 12.4. The van der Waals surface area contributed by atoms with E-state index in [4.69, 9.17) is 14.2 Å². The maximum atomic E-state index is 12.4. The Labute approximate surface area is 168 Å². The second kappa shape index (κ2) is 9.23. The molecule has 1 unspecified atom stereocenters. The molecule has 0 aliphatic rings. The molecule has 2 aromatic carbocycles. The molecule has 0 saturated carbocycles. The molecule has 0 spiro atoms. The Balaban J connectivity index is 1.56. The monoisotopic (exact) mass is 398 g/mol. The molecule has 3 aromatic rings. The normalized spacial score (nSPS) is 11.5. The summed E-state index contributed by atoms with van der Waals surface area (Å²) in [7, 11) is 3.20. The molecule has 1 N–H and O–H groups in total. The Kier molecular flexibility index (Phi) is 6.49. The molecule has 6 nitrogen and oxygen atoms in total. The Morgan fingerprint density at radius 1 is 1.07 bits per heavy atom. The van der Waals surface area contributed by atoms with Gasteiger partial charge in [-0.15, -0.1) is 11.3 Å². The van der Waals surface area contributed by atoms with Crippen LogP contribution in [0.4, 0.5) is 0 Å². The van der Waals surface area contributed by atoms with Crippen LogP contribution < -0.4 is 19.5 Å². The number of methoxy groups -OCH3 is 2. The molecule has 0 aliphatic carbocycles. The van der Waals surface area contributed by atoms with Gasteiger partial charge in [0.15, 0.2) is 17.6 Å². The van der Waals surface area contributed by atoms with Crippen molar-refractivity contribution in [3.63, 3.8) is 0 Å². The van der Waals surface area contributed by atoms with E-state index in [0.717, 1.165) is 22.0 Å². The van der Waals surface area contributed by atoms with Crippen LogP contribution in [0.2, 0.25) is 0 Å². The van der Waals surface area contributed by atoms with Gasteiger partial charge in [0, 0.05) is 10.9 Å². The highest BCUT2D eigenvalue weighted by molar-refractivity contribution is 7.13. The minimum absolute atomic E-state index is 0.218. The Bertz CT molecular complexity index is 924. The van der Waals surface area contributed by atoms with Gasteiger partial charge >= 0.3 is 0 Å². The summed E-state index contributed by atoms with van der Waals surface area (Å²) in [5.41, 5.74) is 1.81. The largest absolute Gasteiger partial charge is 0.497 e. The topological polar surface area (TPSA) is 69.7 Å². The fraction of sp³-hybridized carbons (Fsp3) is 0.238. The van der Waals surface area contributed by atoms with Crippen molar-refractivity contribution in [2.75, 3.05) is 14.2 Å². The van der Waals surface area contributed by atoms with Crippen molar-refractivity contribution in [3.8, 4) is 27.8 Å². The molecule has 1 atom stereocenters. The standard InChI is InChI=1S/C21H22N2O4S/c1-14(27-19-7-5-4-6-18(19)26-3)20(24)22-12-16-13-28-21(23-16)15-8-10-17(25-2)11-9-15/h4-11,13-14H,12H2,1-3H3,(H,22,24). The molecule has 1 aromatic heterocycles. The van der Waals surface area contributed by atoms with E-state index < -0.39 is 6.10 Å². The van der Waals surface area contributed by atoms with Gasteiger partial charge in [-0.2, -0.15) is 0 Å². The van der Waals surface area contributed by atoms with Crippen LogP contribution in [0.1, 0.15) is 12.6 Å². The number of carbonyl (C=O) groups excluding carboxylic acids is 1. The van der Waals surface area contributed by atoms with Crippen LogP contribution in [-0.4, -0.2) is 31.2 Å². The SMILES string of the molecule is COc1ccc(-c2nc(CNC(=O)C(C)Oc3ccccc3OC)cs2)cc1. The highest BCUT2D eigenvalue weighted by atomic mass is 32.1. The number of nitrogens with one attached hydrogen (secondary N) is 1. The minimum atomic E-state index is -0.656. The number of hydrogen-bond donors (Lipinski definition) is 1. The number of carbonyl (C=O) groups is 1. The summed E-state index contributed by atoms with van der Waals surface area (Å²) in [5.74, 6) is 1.70. The van der Waals surface area contributed by atoms with Crippen molar-refractivity contribution >= 4 is 17.2 Å². The lowest BCUT2D eigenvalue weighted by Gasteiger charge is -2.16. The molecule has 0 saturated heterocycles. The lowest BCUT2D eigenvalue weighted by molar-refractivity contribution is -0.127. The first-order valence-corrected chi connectivity index (χ1v) is 9.65. The van der Waals surface area contributed by atoms with E-state index >= 15 is 0 Å². The molecule has 146 valence electrons. The summed E-state index contributed by atoms with van der Waals surface area (Å²) in [5, 5.41) is 5.69. The van der Waals surface area contributed by atoms with E-state index in [2.05, 4.69) is 10.3 Å². The van der Waals surface area contributed by atoms with E-state index in [1.165, 1.54) is 11.3 Å². The number of aromatic nitrogens is 1. The van der Waals surface area contributed by atoms with Crippen molar-refractivity contribution in [2.45, 2.75) is 19.6 Å². The van der Waals surface area contributed by atoms with Crippen LogP contribution in [0.25, 0.3) is 10.6 Å². The minimum Gasteiger partial charge on any atom is -0.497 e. The Morgan fingerprint density at radius 2 is 1.79 bits per heavy atom. The molecule has 0 aliphatic heterocycles. The molecular formula is C21H22N2O4S. The number of benzene rings is 2. The molecule has 0 bridgehead atoms. The van der Waals surface area contributed by atoms with Crippen LogP contribution in [-0.2, 0) is 11.3 Å². The number of thiazole rings is 1. The van der Waals surface area contributed by atoms with Gasteiger partial charge in [0.1, 0.15) is 10.8 Å². The van der Waals surface area contributed by atoms with Gasteiger partial charge in [-0.3, -0.25) is 4.79 Å². The van der Waals surface area contributed by atoms with Gasteiger partial charge in [0.25, 0.3) is 5.91 Å². The number of hydrogen-bond acceptors (Lipinski definition) is 6. The third-order valence-corrected chi connectivity index (χ3v) is 5.01. The van der Waals surface area contributed by atoms with Gasteiger partial charge in [0.05, 0.1) is 26.5 Å². The van der Waals surface area contributed by atoms with Crippen molar-refractivity contribution in [3.05, 3.63) is 59.6 Å². The first-order chi connectivity index (χ1) is 13.6. The van der Waals surface area contributed by atoms with E-state index in [1.807, 2.05) is 41.8 Å². The highest BCUT2D eigenvalue weighted by Crippen LogP contribution is 2.27. The Hall–Kier alpha value is -3.06. The van der Waals surface area contributed by atoms with Crippen LogP contribution in [0.15, 0.2) is 53.9 Å². The summed E-state index contributed by atoms with van der Waals surface area (Å²) in [6, 6.07) is 15.0. The maximum Gasteiger partial charge on any atom is 0.261 e. The van der Waals surface area contributed by atoms with Crippen molar-refractivity contribution in [1.29, 1.82) is 0 Å². The molecule has 0 radical (unpaired) electrons. The molecule has 0 fully saturated rings. The fourth-order valence-electron chi connectivity index (χ4n) is 2.54. The van der Waals surface area contributed by atoms with E-state index in [1.54, 1.807) is 33.3 Å². The Morgan fingerprint density at radius 3 is 2.46 bits per heavy atom. The number of amides is 1. The quantitative estimate of drug-likeness (QED) is 0.623. The predicted octanol–water partition coefficient (Wildman–Crippen LogP) is 3.91. The zero-order chi connectivity index (χ0) is 19.9. The number of rotatable bonds is 8. The zero-order valence-electron chi connectivity index (χ0n) is 16.0. The fourth-order valence-corrected chi connectivity index (χ4v) is 3.36. The average molecular weight is 398 g/mol. The predicted molar refractivity (Wildman–Crippen MR) is 109 cm³/mol. The molecule has 7 heteroatoms. The van der Waals surface area contributed by atoms with Gasteiger partial charge in [-0.1, -0.05) is 12.1 Å². The smallest absolute Gasteiger partial charge is 0.261 e. The summed E-state index contributed by atoms with van der Waals surface area (Å²) in [6.07, 6.45) is -0.656. The van der Waals surface area contributed by atoms with Crippen LogP contribution >= 0.6 is 11.3 Å². The van der Waals surface area contributed by atoms with E-state index in [9.17, 15) is 4.79 Å². The summed E-state index contributed by atoms with van der Waals surface area (Å²) >= 11 is 1.53. The van der Waals surface area contributed by atoms with E-state index in [-0.39, 0.29) is 5.91 Å². The summed E-state index contributed by atoms with van der Waals surface area (Å²) < 4.78 is 16.1. The second-order valence-corrected chi connectivity index (χ2v) is 6.86. The van der Waals surface area contributed by atoms with Gasteiger partial charge < -0.3 is 19.5 Å². The molecule has 3 rings (SSSR count). The van der Waals surface area contributed by atoms with Crippen LogP contribution in [0.5, 0.6) is 17.2 Å². The first-order valence-electron chi connectivity index (χ1n) is 8.77. The van der Waals surface area contributed by atoms with Gasteiger partial charge in [0.2, 0.25) is 0 Å². The third kappa shape index (κ3) is 4.80. The van der Waals surface area contributed by atoms with Crippen molar-refractivity contribution < 1.29 is 19.0 Å². The van der Waals surface area contributed by atoms with Crippen LogP contribution in [0.3, 0.4) is 0 Å². The molecular weight excluding hydrogens is 376 g/mol. The molecule has 28 heavy (non-hydrogen) atoms.